The zero-order chi connectivity index (χ0) is 19.4. The van der Waals surface area contributed by atoms with Crippen LogP contribution in [0.2, 0.25) is 0 Å². The molecular formula is C13H19F3N6O3. The van der Waals surface area contributed by atoms with E-state index in [1.165, 1.54) is 7.11 Å². The van der Waals surface area contributed by atoms with Crippen molar-refractivity contribution >= 4 is 17.7 Å². The number of carboxylic acid groups (broad SMARTS) is 1. The highest BCUT2D eigenvalue weighted by Crippen LogP contribution is 2.32. The van der Waals surface area contributed by atoms with Crippen LogP contribution in [0.1, 0.15) is 32.7 Å². The first kappa shape index (κ1) is 20.3. The van der Waals surface area contributed by atoms with Gasteiger partial charge < -0.3 is 21.3 Å². The van der Waals surface area contributed by atoms with Gasteiger partial charge in [-0.1, -0.05) is 13.3 Å². The van der Waals surface area contributed by atoms with Crippen LogP contribution in [0.5, 0.6) is 6.01 Å². The number of carbonyl (C=O) groups is 1. The van der Waals surface area contributed by atoms with Crippen LogP contribution in [0, 0.1) is 0 Å². The van der Waals surface area contributed by atoms with Gasteiger partial charge in [-0.05, 0) is 13.3 Å². The van der Waals surface area contributed by atoms with Crippen molar-refractivity contribution in [2.75, 3.05) is 18.6 Å². The number of aliphatic carboxylic acids is 1. The minimum atomic E-state index is -5.08. The Hall–Kier alpha value is -2.79. The van der Waals surface area contributed by atoms with Crippen molar-refractivity contribution < 1.29 is 27.8 Å². The number of hydrogen-bond donors (Lipinski definition) is 3. The third-order valence-corrected chi connectivity index (χ3v) is 3.15. The molecule has 0 spiro atoms. The van der Waals surface area contributed by atoms with E-state index >= 15 is 0 Å². The number of methoxy groups -OCH3 is 1. The van der Waals surface area contributed by atoms with E-state index in [0.717, 1.165) is 12.8 Å². The van der Waals surface area contributed by atoms with Crippen LogP contribution in [0.4, 0.5) is 24.9 Å². The van der Waals surface area contributed by atoms with E-state index in [0.29, 0.717) is 17.5 Å². The van der Waals surface area contributed by atoms with E-state index in [9.17, 15) is 13.2 Å². The number of alkyl halides is 3. The summed E-state index contributed by atoms with van der Waals surface area (Å²) in [5.74, 6) is -1.51. The molecule has 5 N–H and O–H groups in total. The van der Waals surface area contributed by atoms with Crippen LogP contribution in [0.3, 0.4) is 0 Å². The van der Waals surface area contributed by atoms with Crippen molar-refractivity contribution in [3.63, 3.8) is 0 Å². The Morgan fingerprint density at radius 2 is 1.88 bits per heavy atom. The second-order valence-electron chi connectivity index (χ2n) is 5.05. The average molecular weight is 364 g/mol. The number of fused-ring (bicyclic) bond motifs is 1. The number of ether oxygens (including phenoxy) is 1. The first-order valence-electron chi connectivity index (χ1n) is 7.17. The number of aromatic nitrogens is 4. The Labute approximate surface area is 141 Å². The molecule has 0 amide bonds. The van der Waals surface area contributed by atoms with Gasteiger partial charge in [0.15, 0.2) is 17.3 Å². The standard InChI is InChI=1S/C11H18N6O.C2HF3O2/c1-4-5-6(2)17-9-7(8(12)15-10(17)13)14-11(16-9)18-3;3-2(4,5)1(6)7/h6H,4-5,12H2,1-3H3,(H2,13,15);(H,6,7)/t6-;/m0./s1. The van der Waals surface area contributed by atoms with E-state index in [4.69, 9.17) is 26.1 Å². The number of carboxylic acids is 1. The molecule has 0 aromatic rings. The van der Waals surface area contributed by atoms with Crippen molar-refractivity contribution in [2.45, 2.75) is 38.9 Å². The van der Waals surface area contributed by atoms with Gasteiger partial charge in [0.2, 0.25) is 5.95 Å². The quantitative estimate of drug-likeness (QED) is 0.747. The van der Waals surface area contributed by atoms with Crippen molar-refractivity contribution in [3.05, 3.63) is 0 Å². The fourth-order valence-electron chi connectivity index (χ4n) is 2.07. The van der Waals surface area contributed by atoms with Gasteiger partial charge in [0.25, 0.3) is 0 Å². The highest BCUT2D eigenvalue weighted by atomic mass is 19.4. The van der Waals surface area contributed by atoms with Crippen molar-refractivity contribution in [3.8, 4) is 17.5 Å². The van der Waals surface area contributed by atoms with Gasteiger partial charge in [0.05, 0.1) is 7.11 Å². The topological polar surface area (TPSA) is 142 Å². The Morgan fingerprint density at radius 3 is 2.32 bits per heavy atom. The normalized spacial score (nSPS) is 12.4. The lowest BCUT2D eigenvalue weighted by Gasteiger charge is -2.20. The maximum atomic E-state index is 10.6. The summed E-state index contributed by atoms with van der Waals surface area (Å²) in [6.07, 6.45) is -3.06. The van der Waals surface area contributed by atoms with E-state index in [2.05, 4.69) is 28.8 Å². The molecule has 2 heterocycles. The molecule has 140 valence electrons. The summed E-state index contributed by atoms with van der Waals surface area (Å²) < 4.78 is 38.6. The summed E-state index contributed by atoms with van der Waals surface area (Å²) in [4.78, 5) is 21.5. The largest absolute Gasteiger partial charge is 0.490 e. The molecule has 2 aliphatic heterocycles. The molecule has 12 heteroatoms. The van der Waals surface area contributed by atoms with Crippen LogP contribution in [-0.2, 0) is 4.79 Å². The van der Waals surface area contributed by atoms with Crippen LogP contribution in [-0.4, -0.2) is 43.9 Å². The lowest BCUT2D eigenvalue weighted by atomic mass is 10.2. The third kappa shape index (κ3) is 4.84. The Morgan fingerprint density at radius 1 is 1.32 bits per heavy atom. The number of imidazole rings is 1. The number of nitrogens with two attached hydrogens (primary N) is 2. The van der Waals surface area contributed by atoms with Gasteiger partial charge in [-0.3, -0.25) is 4.57 Å². The lowest BCUT2D eigenvalue weighted by Crippen LogP contribution is -2.21. The van der Waals surface area contributed by atoms with Gasteiger partial charge in [-0.2, -0.15) is 28.1 Å². The van der Waals surface area contributed by atoms with Crippen LogP contribution in [0.25, 0.3) is 11.5 Å². The van der Waals surface area contributed by atoms with Crippen LogP contribution >= 0.6 is 0 Å². The molecule has 0 saturated carbocycles. The molecule has 0 aromatic heterocycles. The molecule has 0 saturated heterocycles. The fraction of sp³-hybridized carbons (Fsp3) is 0.538. The predicted molar refractivity (Wildman–Crippen MR) is 83.1 cm³/mol. The zero-order valence-electron chi connectivity index (χ0n) is 13.8. The van der Waals surface area contributed by atoms with E-state index in [1.54, 1.807) is 0 Å². The molecule has 0 fully saturated rings. The summed E-state index contributed by atoms with van der Waals surface area (Å²) >= 11 is 0. The third-order valence-electron chi connectivity index (χ3n) is 3.15. The summed E-state index contributed by atoms with van der Waals surface area (Å²) in [6, 6.07) is 0.466. The SMILES string of the molecule is CCC[C@H](C)n1c(N)nc(N)c2nc(OC)nc1-2.O=C(O)C(F)(F)F. The molecule has 9 nitrogen and oxygen atoms in total. The number of nitrogens with zero attached hydrogens (tertiary/aromatic N) is 4. The lowest BCUT2D eigenvalue weighted by molar-refractivity contribution is -0.192. The van der Waals surface area contributed by atoms with Gasteiger partial charge in [-0.15, -0.1) is 0 Å². The summed E-state index contributed by atoms with van der Waals surface area (Å²) in [6.45, 7) is 4.19. The van der Waals surface area contributed by atoms with Crippen LogP contribution < -0.4 is 16.2 Å². The highest BCUT2D eigenvalue weighted by molar-refractivity contribution is 5.73. The van der Waals surface area contributed by atoms with Gasteiger partial charge in [0.1, 0.15) is 0 Å². The number of nitrogen functional groups attached to an aromatic ring is 2. The van der Waals surface area contributed by atoms with Gasteiger partial charge in [0, 0.05) is 6.04 Å². The molecule has 0 aliphatic carbocycles. The maximum absolute atomic E-state index is 10.6. The number of anilines is 2. The van der Waals surface area contributed by atoms with Gasteiger partial charge >= 0.3 is 18.2 Å². The molecule has 0 unspecified atom stereocenters. The highest BCUT2D eigenvalue weighted by Gasteiger charge is 2.38. The minimum Gasteiger partial charge on any atom is -0.475 e. The Bertz CT molecular complexity index is 703. The first-order chi connectivity index (χ1) is 11.5. The fourth-order valence-corrected chi connectivity index (χ4v) is 2.07. The molecule has 2 aliphatic rings. The Balaban J connectivity index is 0.000000381. The second kappa shape index (κ2) is 7.85. The predicted octanol–water partition coefficient (Wildman–Crippen LogP) is 1.95. The van der Waals surface area contributed by atoms with Gasteiger partial charge in [-0.25, -0.2) is 4.79 Å². The zero-order valence-corrected chi connectivity index (χ0v) is 13.8. The summed E-state index contributed by atoms with van der Waals surface area (Å²) in [5.41, 5.74) is 12.3. The molecule has 0 aromatic carbocycles. The minimum absolute atomic E-state index is 0.187. The molecule has 25 heavy (non-hydrogen) atoms. The maximum Gasteiger partial charge on any atom is 0.490 e. The smallest absolute Gasteiger partial charge is 0.475 e. The number of rotatable bonds is 4. The Kier molecular flexibility index (Phi) is 6.36. The second-order valence-corrected chi connectivity index (χ2v) is 5.05. The average Bonchev–Trinajstić information content (AvgIpc) is 2.91. The molecule has 2 rings (SSSR count). The van der Waals surface area contributed by atoms with E-state index in [-0.39, 0.29) is 17.9 Å². The van der Waals surface area contributed by atoms with Crippen LogP contribution in [0.15, 0.2) is 0 Å². The van der Waals surface area contributed by atoms with Crippen molar-refractivity contribution in [1.29, 1.82) is 0 Å². The first-order valence-corrected chi connectivity index (χ1v) is 7.17. The van der Waals surface area contributed by atoms with Crippen molar-refractivity contribution in [1.82, 2.24) is 19.5 Å². The van der Waals surface area contributed by atoms with Crippen molar-refractivity contribution in [2.24, 2.45) is 0 Å². The van der Waals surface area contributed by atoms with E-state index in [1.807, 2.05) is 4.57 Å². The number of halogens is 3. The molecule has 0 bridgehead atoms. The summed E-state index contributed by atoms with van der Waals surface area (Å²) in [7, 11) is 1.51. The van der Waals surface area contributed by atoms with E-state index < -0.39 is 12.1 Å². The summed E-state index contributed by atoms with van der Waals surface area (Å²) in [5, 5.41) is 7.12. The number of hydrogen-bond acceptors (Lipinski definition) is 7. The monoisotopic (exact) mass is 364 g/mol. The molecule has 1 atom stereocenters. The molecule has 0 radical (unpaired) electrons. The molecular weight excluding hydrogens is 345 g/mol.